The third kappa shape index (κ3) is 5.86. The van der Waals surface area contributed by atoms with Gasteiger partial charge in [0.05, 0.1) is 11.6 Å². The Morgan fingerprint density at radius 3 is 2.76 bits per heavy atom. The summed E-state index contributed by atoms with van der Waals surface area (Å²) < 4.78 is 23.6. The average molecular weight is 262 g/mol. The van der Waals surface area contributed by atoms with Crippen LogP contribution in [-0.2, 0) is 4.74 Å². The molecule has 0 bridgehead atoms. The molecule has 0 aliphatic carbocycles. The molecular weight excluding hydrogens is 245 g/mol. The lowest BCUT2D eigenvalue weighted by Crippen LogP contribution is -2.25. The Labute approximate surface area is 106 Å². The number of ether oxygens (including phenoxy) is 2. The maximum atomic E-state index is 13.0. The molecule has 1 N–H and O–H groups in total. The summed E-state index contributed by atoms with van der Waals surface area (Å²) in [7, 11) is 0. The van der Waals surface area contributed by atoms with E-state index in [0.717, 1.165) is 13.2 Å². The van der Waals surface area contributed by atoms with Gasteiger partial charge in [0, 0.05) is 25.8 Å². The highest BCUT2D eigenvalue weighted by Gasteiger charge is 2.01. The van der Waals surface area contributed by atoms with E-state index in [2.05, 4.69) is 5.32 Å². The van der Waals surface area contributed by atoms with Gasteiger partial charge in [0.2, 0.25) is 0 Å². The third-order valence-electron chi connectivity index (χ3n) is 2.07. The molecule has 0 heterocycles. The van der Waals surface area contributed by atoms with Crippen molar-refractivity contribution in [2.24, 2.45) is 0 Å². The second-order valence-corrected chi connectivity index (χ2v) is 3.78. The third-order valence-corrected chi connectivity index (χ3v) is 2.37. The van der Waals surface area contributed by atoms with Gasteiger partial charge in [-0.25, -0.2) is 4.39 Å². The summed E-state index contributed by atoms with van der Waals surface area (Å²) in [4.78, 5) is 0. The minimum Gasteiger partial charge on any atom is -0.492 e. The fraction of sp³-hybridized carbons (Fsp3) is 0.500. The quantitative estimate of drug-likeness (QED) is 0.730. The van der Waals surface area contributed by atoms with Gasteiger partial charge < -0.3 is 14.8 Å². The molecule has 0 aromatic heterocycles. The predicted molar refractivity (Wildman–Crippen MR) is 66.3 cm³/mol. The lowest BCUT2D eigenvalue weighted by atomic mass is 10.3. The summed E-state index contributed by atoms with van der Waals surface area (Å²) in [6.45, 7) is 5.32. The van der Waals surface area contributed by atoms with Crippen LogP contribution in [0.25, 0.3) is 0 Å². The first-order chi connectivity index (χ1) is 8.24. The average Bonchev–Trinajstić information content (AvgIpc) is 2.32. The van der Waals surface area contributed by atoms with E-state index in [4.69, 9.17) is 21.1 Å². The van der Waals surface area contributed by atoms with E-state index in [0.29, 0.717) is 25.5 Å². The number of benzene rings is 1. The summed E-state index contributed by atoms with van der Waals surface area (Å²) in [5, 5.41) is 3.25. The van der Waals surface area contributed by atoms with Crippen molar-refractivity contribution in [3.63, 3.8) is 0 Å². The highest BCUT2D eigenvalue weighted by Crippen LogP contribution is 2.19. The number of nitrogens with one attached hydrogen (secondary N) is 1. The lowest BCUT2D eigenvalue weighted by molar-refractivity contribution is 0.148. The van der Waals surface area contributed by atoms with Crippen LogP contribution in [0.2, 0.25) is 5.02 Å². The number of hydrogen-bond donors (Lipinski definition) is 1. The highest BCUT2D eigenvalue weighted by atomic mass is 35.5. The van der Waals surface area contributed by atoms with Crippen molar-refractivity contribution < 1.29 is 13.9 Å². The van der Waals surface area contributed by atoms with Gasteiger partial charge in [-0.1, -0.05) is 11.6 Å². The largest absolute Gasteiger partial charge is 0.492 e. The normalized spacial score (nSPS) is 10.5. The molecular formula is C12H17ClFNO2. The molecule has 0 amide bonds. The molecule has 0 aliphatic heterocycles. The first-order valence-electron chi connectivity index (χ1n) is 5.60. The van der Waals surface area contributed by atoms with E-state index in [1.807, 2.05) is 6.92 Å². The van der Waals surface area contributed by atoms with Crippen LogP contribution < -0.4 is 10.1 Å². The van der Waals surface area contributed by atoms with Crippen molar-refractivity contribution in [2.45, 2.75) is 6.92 Å². The predicted octanol–water partition coefficient (Wildman–Crippen LogP) is 2.48. The molecule has 96 valence electrons. The fourth-order valence-corrected chi connectivity index (χ4v) is 1.34. The van der Waals surface area contributed by atoms with Crippen LogP contribution in [-0.4, -0.2) is 32.9 Å². The van der Waals surface area contributed by atoms with Crippen LogP contribution in [0.5, 0.6) is 5.75 Å². The molecule has 1 rings (SSSR count). The molecule has 0 saturated heterocycles. The first-order valence-corrected chi connectivity index (χ1v) is 5.98. The highest BCUT2D eigenvalue weighted by molar-refractivity contribution is 6.30. The Morgan fingerprint density at radius 2 is 2.06 bits per heavy atom. The van der Waals surface area contributed by atoms with Gasteiger partial charge in [0.1, 0.15) is 18.2 Å². The zero-order chi connectivity index (χ0) is 12.5. The van der Waals surface area contributed by atoms with Crippen molar-refractivity contribution in [3.05, 3.63) is 29.0 Å². The molecule has 0 unspecified atom stereocenters. The molecule has 3 nitrogen and oxygen atoms in total. The van der Waals surface area contributed by atoms with E-state index >= 15 is 0 Å². The van der Waals surface area contributed by atoms with Gasteiger partial charge >= 0.3 is 0 Å². The van der Waals surface area contributed by atoms with Crippen LogP contribution in [0.4, 0.5) is 4.39 Å². The van der Waals surface area contributed by atoms with Gasteiger partial charge in [0.15, 0.2) is 0 Å². The Hall–Kier alpha value is -0.840. The summed E-state index contributed by atoms with van der Waals surface area (Å²) in [6, 6.07) is 4.41. The van der Waals surface area contributed by atoms with E-state index in [-0.39, 0.29) is 5.02 Å². The number of hydrogen-bond acceptors (Lipinski definition) is 3. The van der Waals surface area contributed by atoms with Crippen molar-refractivity contribution in [3.8, 4) is 5.75 Å². The molecule has 0 atom stereocenters. The SMILES string of the molecule is CCOCCNCCOc1ccc(Cl)c(F)c1. The van der Waals surface area contributed by atoms with Crippen molar-refractivity contribution in [2.75, 3.05) is 32.9 Å². The van der Waals surface area contributed by atoms with Gasteiger partial charge in [-0.15, -0.1) is 0 Å². The molecule has 0 saturated carbocycles. The summed E-state index contributed by atoms with van der Waals surface area (Å²) in [6.07, 6.45) is 0. The Morgan fingerprint density at radius 1 is 1.29 bits per heavy atom. The minimum absolute atomic E-state index is 0.104. The molecule has 1 aromatic rings. The zero-order valence-corrected chi connectivity index (χ0v) is 10.6. The Bertz CT molecular complexity index is 336. The standard InChI is InChI=1S/C12H17ClFNO2/c1-2-16-7-5-15-6-8-17-10-3-4-11(13)12(14)9-10/h3-4,9,15H,2,5-8H2,1H3. The molecule has 17 heavy (non-hydrogen) atoms. The first kappa shape index (κ1) is 14.2. The van der Waals surface area contributed by atoms with Crippen molar-refractivity contribution >= 4 is 11.6 Å². The molecule has 1 aromatic carbocycles. The second-order valence-electron chi connectivity index (χ2n) is 3.37. The van der Waals surface area contributed by atoms with Crippen LogP contribution in [0, 0.1) is 5.82 Å². The summed E-state index contributed by atoms with van der Waals surface area (Å²) in [5.41, 5.74) is 0. The topological polar surface area (TPSA) is 30.5 Å². The molecule has 0 radical (unpaired) electrons. The Kier molecular flexibility index (Phi) is 6.93. The van der Waals surface area contributed by atoms with E-state index < -0.39 is 5.82 Å². The molecule has 0 fully saturated rings. The van der Waals surface area contributed by atoms with E-state index in [9.17, 15) is 4.39 Å². The van der Waals surface area contributed by atoms with Crippen molar-refractivity contribution in [1.29, 1.82) is 0 Å². The summed E-state index contributed by atoms with van der Waals surface area (Å²) in [5.74, 6) is 0.0204. The monoisotopic (exact) mass is 261 g/mol. The van der Waals surface area contributed by atoms with Gasteiger partial charge in [0.25, 0.3) is 0 Å². The fourth-order valence-electron chi connectivity index (χ4n) is 1.22. The smallest absolute Gasteiger partial charge is 0.145 e. The van der Waals surface area contributed by atoms with Gasteiger partial charge in [-0.05, 0) is 19.1 Å². The van der Waals surface area contributed by atoms with Gasteiger partial charge in [-0.3, -0.25) is 0 Å². The Balaban J connectivity index is 2.11. The maximum Gasteiger partial charge on any atom is 0.145 e. The molecule has 5 heteroatoms. The molecule has 0 aliphatic rings. The van der Waals surface area contributed by atoms with E-state index in [1.54, 1.807) is 6.07 Å². The summed E-state index contributed by atoms with van der Waals surface area (Å²) >= 11 is 5.56. The number of rotatable bonds is 8. The van der Waals surface area contributed by atoms with Crippen LogP contribution in [0.15, 0.2) is 18.2 Å². The second kappa shape index (κ2) is 8.28. The minimum atomic E-state index is -0.464. The van der Waals surface area contributed by atoms with Crippen LogP contribution >= 0.6 is 11.6 Å². The van der Waals surface area contributed by atoms with Gasteiger partial charge in [-0.2, -0.15) is 0 Å². The maximum absolute atomic E-state index is 13.0. The molecule has 0 spiro atoms. The zero-order valence-electron chi connectivity index (χ0n) is 9.84. The number of halogens is 2. The van der Waals surface area contributed by atoms with Crippen LogP contribution in [0.3, 0.4) is 0 Å². The lowest BCUT2D eigenvalue weighted by Gasteiger charge is -2.08. The van der Waals surface area contributed by atoms with Crippen molar-refractivity contribution in [1.82, 2.24) is 5.32 Å². The van der Waals surface area contributed by atoms with Crippen LogP contribution in [0.1, 0.15) is 6.92 Å². The van der Waals surface area contributed by atoms with E-state index in [1.165, 1.54) is 12.1 Å².